The number of nitrogens with zero attached hydrogens (tertiary/aromatic N) is 3. The maximum Gasteiger partial charge on any atom is 0.329 e. The summed E-state index contributed by atoms with van der Waals surface area (Å²) >= 11 is 3.03. The van der Waals surface area contributed by atoms with Gasteiger partial charge in [-0.25, -0.2) is 4.68 Å². The van der Waals surface area contributed by atoms with Crippen molar-refractivity contribution < 1.29 is 18.3 Å². The van der Waals surface area contributed by atoms with E-state index in [4.69, 9.17) is 4.74 Å². The van der Waals surface area contributed by atoms with E-state index in [9.17, 15) is 8.78 Å². The molecular formula is C13H14BrF2N3O2. The Labute approximate surface area is 129 Å². The molecule has 0 unspecified atom stereocenters. The third-order valence-electron chi connectivity index (χ3n) is 2.79. The van der Waals surface area contributed by atoms with Crippen LogP contribution in [0, 0.1) is 0 Å². The van der Waals surface area contributed by atoms with Crippen molar-refractivity contribution in [1.82, 2.24) is 14.8 Å². The van der Waals surface area contributed by atoms with Gasteiger partial charge in [0.1, 0.15) is 12.4 Å². The highest BCUT2D eigenvalue weighted by Gasteiger charge is 2.38. The van der Waals surface area contributed by atoms with E-state index in [0.717, 1.165) is 10.2 Å². The first-order valence-corrected chi connectivity index (χ1v) is 6.86. The molecule has 2 aromatic rings. The molecule has 8 heteroatoms. The second kappa shape index (κ2) is 6.48. The highest BCUT2D eigenvalue weighted by molar-refractivity contribution is 9.10. The van der Waals surface area contributed by atoms with Crippen molar-refractivity contribution in [2.75, 3.05) is 20.8 Å². The van der Waals surface area contributed by atoms with E-state index in [1.807, 2.05) is 0 Å². The van der Waals surface area contributed by atoms with Gasteiger partial charge < -0.3 is 9.47 Å². The number of ether oxygens (including phenoxy) is 2. The van der Waals surface area contributed by atoms with E-state index in [2.05, 4.69) is 30.7 Å². The molecule has 21 heavy (non-hydrogen) atoms. The lowest BCUT2D eigenvalue weighted by Gasteiger charge is -2.15. The molecule has 0 radical (unpaired) electrons. The molecule has 5 nitrogen and oxygen atoms in total. The summed E-state index contributed by atoms with van der Waals surface area (Å²) in [5.74, 6) is -2.95. The molecule has 0 saturated carbocycles. The van der Waals surface area contributed by atoms with Gasteiger partial charge in [0.05, 0.1) is 13.7 Å². The van der Waals surface area contributed by atoms with Crippen LogP contribution in [0.25, 0.3) is 0 Å². The molecule has 0 N–H and O–H groups in total. The smallest absolute Gasteiger partial charge is 0.329 e. The summed E-state index contributed by atoms with van der Waals surface area (Å²) in [6, 6.07) is 7.09. The molecular weight excluding hydrogens is 348 g/mol. The largest absolute Gasteiger partial charge is 0.497 e. The minimum Gasteiger partial charge on any atom is -0.497 e. The standard InChI is InChI=1S/C13H14BrF2N3O2/c1-20-8-13(15,16)11-17-12(14)18-19(11)7-9-3-5-10(21-2)6-4-9/h3-6H,7-8H2,1-2H3. The fourth-order valence-corrected chi connectivity index (χ4v) is 2.20. The van der Waals surface area contributed by atoms with Gasteiger partial charge in [0.25, 0.3) is 0 Å². The topological polar surface area (TPSA) is 49.2 Å². The minimum absolute atomic E-state index is 0.113. The van der Waals surface area contributed by atoms with Crippen LogP contribution in [0.5, 0.6) is 5.75 Å². The Bertz CT molecular complexity index is 602. The van der Waals surface area contributed by atoms with Crippen LogP contribution in [0.4, 0.5) is 8.78 Å². The second-order valence-electron chi connectivity index (χ2n) is 4.35. The van der Waals surface area contributed by atoms with Crippen molar-refractivity contribution in [2.24, 2.45) is 0 Å². The zero-order valence-electron chi connectivity index (χ0n) is 11.5. The van der Waals surface area contributed by atoms with Gasteiger partial charge in [-0.2, -0.15) is 13.8 Å². The summed E-state index contributed by atoms with van der Waals surface area (Å²) in [5, 5.41) is 3.95. The predicted octanol–water partition coefficient (Wildman–Crippen LogP) is 2.84. The van der Waals surface area contributed by atoms with Crippen LogP contribution in [0.1, 0.15) is 11.4 Å². The lowest BCUT2D eigenvalue weighted by atomic mass is 10.2. The number of halogens is 3. The Balaban J connectivity index is 2.27. The van der Waals surface area contributed by atoms with Crippen LogP contribution >= 0.6 is 15.9 Å². The summed E-state index contributed by atoms with van der Waals surface area (Å²) in [7, 11) is 2.78. The summed E-state index contributed by atoms with van der Waals surface area (Å²) in [6.07, 6.45) is 0. The van der Waals surface area contributed by atoms with Crippen molar-refractivity contribution in [3.63, 3.8) is 0 Å². The highest BCUT2D eigenvalue weighted by Crippen LogP contribution is 2.28. The molecule has 1 heterocycles. The molecule has 114 valence electrons. The first kappa shape index (κ1) is 15.8. The summed E-state index contributed by atoms with van der Waals surface area (Å²) in [6.45, 7) is -0.571. The molecule has 0 spiro atoms. The Hall–Kier alpha value is -1.54. The van der Waals surface area contributed by atoms with Crippen LogP contribution in [0.2, 0.25) is 0 Å². The van der Waals surface area contributed by atoms with Crippen molar-refractivity contribution in [1.29, 1.82) is 0 Å². The van der Waals surface area contributed by atoms with Crippen LogP contribution in [-0.2, 0) is 17.2 Å². The first-order valence-electron chi connectivity index (χ1n) is 6.07. The summed E-state index contributed by atoms with van der Waals surface area (Å²) in [5.41, 5.74) is 0.808. The molecule has 1 aromatic heterocycles. The van der Waals surface area contributed by atoms with Crippen molar-refractivity contribution in [3.8, 4) is 5.75 Å². The van der Waals surface area contributed by atoms with Gasteiger partial charge in [-0.15, -0.1) is 5.10 Å². The molecule has 0 fully saturated rings. The van der Waals surface area contributed by atoms with Gasteiger partial charge >= 0.3 is 5.92 Å². The maximum absolute atomic E-state index is 14.0. The van der Waals surface area contributed by atoms with E-state index < -0.39 is 18.4 Å². The Morgan fingerprint density at radius 3 is 2.48 bits per heavy atom. The lowest BCUT2D eigenvalue weighted by molar-refractivity contribution is -0.0793. The summed E-state index contributed by atoms with van der Waals surface area (Å²) < 4.78 is 38.8. The highest BCUT2D eigenvalue weighted by atomic mass is 79.9. The molecule has 2 rings (SSSR count). The van der Waals surface area contributed by atoms with E-state index in [0.29, 0.717) is 5.75 Å². The third kappa shape index (κ3) is 3.76. The number of alkyl halides is 2. The molecule has 0 aliphatic heterocycles. The minimum atomic E-state index is -3.21. The summed E-state index contributed by atoms with van der Waals surface area (Å²) in [4.78, 5) is 3.74. The lowest BCUT2D eigenvalue weighted by Crippen LogP contribution is -2.26. The molecule has 0 atom stereocenters. The number of rotatable bonds is 6. The van der Waals surface area contributed by atoms with Gasteiger partial charge in [0.2, 0.25) is 10.6 Å². The van der Waals surface area contributed by atoms with E-state index >= 15 is 0 Å². The Morgan fingerprint density at radius 2 is 1.90 bits per heavy atom. The van der Waals surface area contributed by atoms with E-state index in [1.165, 1.54) is 7.11 Å². The van der Waals surface area contributed by atoms with Gasteiger partial charge in [0, 0.05) is 7.11 Å². The number of aromatic nitrogens is 3. The van der Waals surface area contributed by atoms with Crippen LogP contribution in [0.3, 0.4) is 0 Å². The zero-order chi connectivity index (χ0) is 15.5. The fraction of sp³-hybridized carbons (Fsp3) is 0.385. The average molecular weight is 362 g/mol. The Morgan fingerprint density at radius 1 is 1.24 bits per heavy atom. The van der Waals surface area contributed by atoms with Gasteiger partial charge in [-0.1, -0.05) is 12.1 Å². The molecule has 1 aromatic carbocycles. The monoisotopic (exact) mass is 361 g/mol. The normalized spacial score (nSPS) is 11.7. The van der Waals surface area contributed by atoms with Gasteiger partial charge in [0.15, 0.2) is 0 Å². The molecule has 0 aliphatic rings. The van der Waals surface area contributed by atoms with Crippen molar-refractivity contribution >= 4 is 15.9 Å². The molecule has 0 amide bonds. The average Bonchev–Trinajstić information content (AvgIpc) is 2.81. The number of hydrogen-bond acceptors (Lipinski definition) is 4. The Kier molecular flexibility index (Phi) is 4.89. The number of benzene rings is 1. The van der Waals surface area contributed by atoms with Gasteiger partial charge in [-0.05, 0) is 33.6 Å². The van der Waals surface area contributed by atoms with Gasteiger partial charge in [-0.3, -0.25) is 0 Å². The molecule has 0 bridgehead atoms. The van der Waals surface area contributed by atoms with Crippen LogP contribution in [-0.4, -0.2) is 35.6 Å². The fourth-order valence-electron chi connectivity index (χ4n) is 1.84. The quantitative estimate of drug-likeness (QED) is 0.793. The van der Waals surface area contributed by atoms with Crippen LogP contribution < -0.4 is 4.74 Å². The SMILES string of the molecule is COCC(F)(F)c1nc(Br)nn1Cc1ccc(OC)cc1. The number of hydrogen-bond donors (Lipinski definition) is 0. The van der Waals surface area contributed by atoms with Crippen LogP contribution in [0.15, 0.2) is 29.0 Å². The first-order chi connectivity index (χ1) is 9.96. The van der Waals surface area contributed by atoms with Crippen molar-refractivity contribution in [2.45, 2.75) is 12.5 Å². The number of methoxy groups -OCH3 is 2. The second-order valence-corrected chi connectivity index (χ2v) is 5.06. The molecule has 0 saturated heterocycles. The predicted molar refractivity (Wildman–Crippen MR) is 75.6 cm³/mol. The van der Waals surface area contributed by atoms with E-state index in [1.54, 1.807) is 31.4 Å². The zero-order valence-corrected chi connectivity index (χ0v) is 13.1. The van der Waals surface area contributed by atoms with Crippen molar-refractivity contribution in [3.05, 3.63) is 40.4 Å². The molecule has 0 aliphatic carbocycles. The third-order valence-corrected chi connectivity index (χ3v) is 3.13. The maximum atomic E-state index is 14.0. The van der Waals surface area contributed by atoms with E-state index in [-0.39, 0.29) is 11.3 Å².